The molecule has 11 rings (SSSR count). The summed E-state index contributed by atoms with van der Waals surface area (Å²) < 4.78 is 17.9. The van der Waals surface area contributed by atoms with Gasteiger partial charge in [0.15, 0.2) is 5.58 Å². The van der Waals surface area contributed by atoms with Gasteiger partial charge < -0.3 is 13.7 Å². The number of nitrogens with zero attached hydrogens (tertiary/aromatic N) is 2. The first-order chi connectivity index (χ1) is 24.3. The number of hydrogen-bond acceptors (Lipinski definition) is 6. The third kappa shape index (κ3) is 4.05. The molecule has 0 amide bonds. The average molecular weight is 665 g/mol. The maximum atomic E-state index is 6.61. The Morgan fingerprint density at radius 1 is 0.449 bits per heavy atom. The van der Waals surface area contributed by atoms with Crippen molar-refractivity contribution in [3.8, 4) is 11.5 Å². The molecule has 0 aliphatic heterocycles. The Labute approximate surface area is 287 Å². The number of fused-ring (bicyclic) bond motifs is 10. The first-order valence-corrected chi connectivity index (χ1v) is 17.8. The number of aromatic nitrogens is 1. The summed E-state index contributed by atoms with van der Waals surface area (Å²) in [5, 5.41) is 7.12. The summed E-state index contributed by atoms with van der Waals surface area (Å²) in [6, 6.07) is 51.4. The van der Waals surface area contributed by atoms with Crippen molar-refractivity contribution in [2.45, 2.75) is 0 Å². The van der Waals surface area contributed by atoms with Crippen LogP contribution in [0.15, 0.2) is 154 Å². The van der Waals surface area contributed by atoms with E-state index in [4.69, 9.17) is 13.8 Å². The van der Waals surface area contributed by atoms with E-state index in [1.807, 2.05) is 59.1 Å². The second kappa shape index (κ2) is 10.3. The fourth-order valence-corrected chi connectivity index (χ4v) is 9.61. The van der Waals surface area contributed by atoms with Gasteiger partial charge in [0.25, 0.3) is 0 Å². The molecule has 0 unspecified atom stereocenters. The summed E-state index contributed by atoms with van der Waals surface area (Å²) in [5.41, 5.74) is 7.40. The highest BCUT2D eigenvalue weighted by atomic mass is 32.1. The van der Waals surface area contributed by atoms with Crippen molar-refractivity contribution in [3.63, 3.8) is 0 Å². The summed E-state index contributed by atoms with van der Waals surface area (Å²) in [5.74, 6) is 0.591. The molecular formula is C43H24N2O2S2. The number of oxazole rings is 1. The molecular weight excluding hydrogens is 641 g/mol. The molecule has 0 radical (unpaired) electrons. The molecule has 0 atom stereocenters. The van der Waals surface area contributed by atoms with Gasteiger partial charge in [-0.05, 0) is 72.8 Å². The zero-order chi connectivity index (χ0) is 32.1. The van der Waals surface area contributed by atoms with E-state index in [9.17, 15) is 0 Å². The minimum Gasteiger partial charge on any atom is -0.456 e. The van der Waals surface area contributed by atoms with Crippen molar-refractivity contribution in [1.29, 1.82) is 0 Å². The molecule has 7 aromatic carbocycles. The van der Waals surface area contributed by atoms with Gasteiger partial charge in [-0.25, -0.2) is 4.98 Å². The Balaban J connectivity index is 1.16. The van der Waals surface area contributed by atoms with Gasteiger partial charge in [0.05, 0.1) is 5.69 Å². The minimum absolute atomic E-state index is 0.591. The Morgan fingerprint density at radius 2 is 1.12 bits per heavy atom. The van der Waals surface area contributed by atoms with Crippen molar-refractivity contribution < 1.29 is 8.83 Å². The lowest BCUT2D eigenvalue weighted by Gasteiger charge is -2.26. The molecule has 4 nitrogen and oxygen atoms in total. The van der Waals surface area contributed by atoms with E-state index >= 15 is 0 Å². The molecule has 49 heavy (non-hydrogen) atoms. The van der Waals surface area contributed by atoms with E-state index in [0.29, 0.717) is 5.89 Å². The third-order valence-electron chi connectivity index (χ3n) is 9.51. The average Bonchev–Trinajstić information content (AvgIpc) is 3.92. The number of thiophene rings is 2. The van der Waals surface area contributed by atoms with Crippen LogP contribution in [0.3, 0.4) is 0 Å². The Bertz CT molecular complexity index is 3060. The molecule has 0 fully saturated rings. The van der Waals surface area contributed by atoms with Crippen LogP contribution in [0.1, 0.15) is 0 Å². The minimum atomic E-state index is 0.591. The van der Waals surface area contributed by atoms with Crippen LogP contribution in [0, 0.1) is 0 Å². The smallest absolute Gasteiger partial charge is 0.228 e. The van der Waals surface area contributed by atoms with E-state index in [1.54, 1.807) is 0 Å². The Kier molecular flexibility index (Phi) is 5.67. The van der Waals surface area contributed by atoms with Gasteiger partial charge in [0, 0.05) is 74.1 Å². The van der Waals surface area contributed by atoms with Crippen molar-refractivity contribution in [2.24, 2.45) is 0 Å². The Morgan fingerprint density at radius 3 is 2.02 bits per heavy atom. The molecule has 4 aromatic heterocycles. The second-order valence-electron chi connectivity index (χ2n) is 12.3. The first-order valence-electron chi connectivity index (χ1n) is 16.2. The van der Waals surface area contributed by atoms with Crippen LogP contribution < -0.4 is 4.90 Å². The predicted octanol–water partition coefficient (Wildman–Crippen LogP) is 13.6. The van der Waals surface area contributed by atoms with Crippen molar-refractivity contribution in [2.75, 3.05) is 4.90 Å². The normalized spacial score (nSPS) is 12.1. The monoisotopic (exact) mass is 664 g/mol. The maximum Gasteiger partial charge on any atom is 0.228 e. The number of para-hydroxylation sites is 2. The summed E-state index contributed by atoms with van der Waals surface area (Å²) in [6.45, 7) is 0. The maximum absolute atomic E-state index is 6.61. The fraction of sp³-hybridized carbons (Fsp3) is 0. The van der Waals surface area contributed by atoms with Gasteiger partial charge in [-0.1, -0.05) is 66.7 Å². The molecule has 4 heterocycles. The zero-order valence-corrected chi connectivity index (χ0v) is 27.5. The highest BCUT2D eigenvalue weighted by Crippen LogP contribution is 2.47. The van der Waals surface area contributed by atoms with Crippen LogP contribution in [0.5, 0.6) is 0 Å². The standard InChI is InChI=1S/C43H24N2O2S2/c1-5-16-37-27(9-1)28-21-19-26(24-40(28)49-37)45(33-13-8-18-39-42(33)30-10-2-6-17-38(30)48-39)25-20-22-29-36(23-25)46-35-15-7-11-31(41(29)35)43-44-32-12-3-4-14-34(32)47-43/h1-24H. The number of rotatable bonds is 4. The van der Waals surface area contributed by atoms with Crippen molar-refractivity contribution >= 4 is 113 Å². The second-order valence-corrected chi connectivity index (χ2v) is 14.5. The largest absolute Gasteiger partial charge is 0.456 e. The topological polar surface area (TPSA) is 42.4 Å². The summed E-state index contributed by atoms with van der Waals surface area (Å²) in [6.07, 6.45) is 0. The highest BCUT2D eigenvalue weighted by Gasteiger charge is 2.22. The molecule has 11 aromatic rings. The van der Waals surface area contributed by atoms with Crippen LogP contribution in [-0.4, -0.2) is 4.98 Å². The summed E-state index contributed by atoms with van der Waals surface area (Å²) >= 11 is 3.68. The molecule has 230 valence electrons. The lowest BCUT2D eigenvalue weighted by Crippen LogP contribution is -2.10. The number of furan rings is 1. The van der Waals surface area contributed by atoms with Gasteiger partial charge in [-0.15, -0.1) is 22.7 Å². The third-order valence-corrected chi connectivity index (χ3v) is 11.8. The van der Waals surface area contributed by atoms with Gasteiger partial charge in [0.2, 0.25) is 5.89 Å². The summed E-state index contributed by atoms with van der Waals surface area (Å²) in [4.78, 5) is 7.21. The zero-order valence-electron chi connectivity index (χ0n) is 25.9. The van der Waals surface area contributed by atoms with E-state index in [1.165, 1.54) is 40.3 Å². The lowest BCUT2D eigenvalue weighted by molar-refractivity contribution is 0.620. The molecule has 6 heteroatoms. The van der Waals surface area contributed by atoms with E-state index in [2.05, 4.69) is 114 Å². The predicted molar refractivity (Wildman–Crippen MR) is 207 cm³/mol. The van der Waals surface area contributed by atoms with Crippen molar-refractivity contribution in [3.05, 3.63) is 146 Å². The van der Waals surface area contributed by atoms with Gasteiger partial charge >= 0.3 is 0 Å². The Hall–Kier alpha value is -5.95. The van der Waals surface area contributed by atoms with Crippen LogP contribution in [-0.2, 0) is 0 Å². The van der Waals surface area contributed by atoms with E-state index in [-0.39, 0.29) is 0 Å². The lowest BCUT2D eigenvalue weighted by atomic mass is 10.0. The molecule has 0 bridgehead atoms. The van der Waals surface area contributed by atoms with Crippen LogP contribution >= 0.6 is 22.7 Å². The molecule has 0 N–H and O–H groups in total. The van der Waals surface area contributed by atoms with Crippen LogP contribution in [0.2, 0.25) is 0 Å². The van der Waals surface area contributed by atoms with Crippen LogP contribution in [0.25, 0.3) is 84.8 Å². The number of benzene rings is 7. The van der Waals surface area contributed by atoms with Gasteiger partial charge in [0.1, 0.15) is 16.7 Å². The number of hydrogen-bond donors (Lipinski definition) is 0. The quantitative estimate of drug-likeness (QED) is 0.188. The van der Waals surface area contributed by atoms with E-state index in [0.717, 1.165) is 55.7 Å². The number of anilines is 3. The fourth-order valence-electron chi connectivity index (χ4n) is 7.34. The molecule has 0 saturated heterocycles. The van der Waals surface area contributed by atoms with Crippen LogP contribution in [0.4, 0.5) is 17.1 Å². The summed E-state index contributed by atoms with van der Waals surface area (Å²) in [7, 11) is 0. The molecule has 0 saturated carbocycles. The first kappa shape index (κ1) is 27.0. The molecule has 0 spiro atoms. The molecule has 0 aliphatic rings. The van der Waals surface area contributed by atoms with Crippen molar-refractivity contribution in [1.82, 2.24) is 4.98 Å². The molecule has 0 aliphatic carbocycles. The highest BCUT2D eigenvalue weighted by molar-refractivity contribution is 7.26. The van der Waals surface area contributed by atoms with Gasteiger partial charge in [-0.2, -0.15) is 0 Å². The van der Waals surface area contributed by atoms with E-state index < -0.39 is 0 Å². The van der Waals surface area contributed by atoms with Gasteiger partial charge in [-0.3, -0.25) is 0 Å². The SMILES string of the molecule is c1ccc2oc(-c3cccc4oc5cc(N(c6ccc7c(c6)sc6ccccc67)c6cccc7sc8ccccc8c67)ccc5c34)nc2c1.